The number of hydrogen-bond donors (Lipinski definition) is 1. The highest BCUT2D eigenvalue weighted by molar-refractivity contribution is 6.74. The van der Waals surface area contributed by atoms with Crippen LogP contribution in [0.5, 0.6) is 5.75 Å². The normalized spacial score (nSPS) is 12.2. The molecule has 4 aromatic rings. The first-order valence-electron chi connectivity index (χ1n) is 16.2. The lowest BCUT2D eigenvalue weighted by Gasteiger charge is -2.35. The summed E-state index contributed by atoms with van der Waals surface area (Å²) in [5.41, 5.74) is 4.64. The standard InChI is InChI=1S/C38H49NO7Si/c1-10-42-34(40)22-29-15-11-12-17-33(29)43-24-27-19-30-21-31(25-44-47(8,9)38(5,6)7)45-35(30)32(20-27)28-16-13-14-26(18-28)23-39-36(41)46-37(2,3)4/h11-21H,10,22-25H2,1-9H3,(H,39,41). The number of amides is 1. The molecule has 1 aromatic heterocycles. The molecule has 0 bridgehead atoms. The largest absolute Gasteiger partial charge is 0.489 e. The van der Waals surface area contributed by atoms with Gasteiger partial charge in [-0.1, -0.05) is 57.2 Å². The van der Waals surface area contributed by atoms with Crippen molar-refractivity contribution in [1.82, 2.24) is 5.32 Å². The summed E-state index contributed by atoms with van der Waals surface area (Å²) in [6.07, 6.45) is -0.331. The summed E-state index contributed by atoms with van der Waals surface area (Å²) in [6, 6.07) is 21.7. The predicted octanol–water partition coefficient (Wildman–Crippen LogP) is 9.33. The fraction of sp³-hybridized carbons (Fsp3) is 0.421. The molecule has 0 saturated carbocycles. The Morgan fingerprint density at radius 2 is 1.62 bits per heavy atom. The van der Waals surface area contributed by atoms with Crippen molar-refractivity contribution in [1.29, 1.82) is 0 Å². The van der Waals surface area contributed by atoms with Crippen molar-refractivity contribution in [3.63, 3.8) is 0 Å². The van der Waals surface area contributed by atoms with Crippen LogP contribution in [0.1, 0.15) is 70.9 Å². The molecule has 8 nitrogen and oxygen atoms in total. The highest BCUT2D eigenvalue weighted by Crippen LogP contribution is 2.38. The molecular weight excluding hydrogens is 611 g/mol. The van der Waals surface area contributed by atoms with Crippen molar-refractivity contribution in [3.05, 3.63) is 89.2 Å². The molecule has 0 atom stereocenters. The van der Waals surface area contributed by atoms with E-state index >= 15 is 0 Å². The summed E-state index contributed by atoms with van der Waals surface area (Å²) in [4.78, 5) is 24.5. The zero-order valence-electron chi connectivity index (χ0n) is 29.2. The van der Waals surface area contributed by atoms with E-state index in [2.05, 4.69) is 51.3 Å². The van der Waals surface area contributed by atoms with E-state index in [1.54, 1.807) is 6.92 Å². The highest BCUT2D eigenvalue weighted by atomic mass is 28.4. The number of alkyl carbamates (subject to hydrolysis) is 1. The van der Waals surface area contributed by atoms with Gasteiger partial charge in [-0.15, -0.1) is 0 Å². The summed E-state index contributed by atoms with van der Waals surface area (Å²) in [5.74, 6) is 1.10. The first-order chi connectivity index (χ1) is 22.0. The van der Waals surface area contributed by atoms with E-state index in [0.717, 1.165) is 44.5 Å². The maximum atomic E-state index is 12.3. The van der Waals surface area contributed by atoms with Crippen LogP contribution in [0.2, 0.25) is 18.1 Å². The minimum absolute atomic E-state index is 0.0754. The molecule has 0 spiro atoms. The number of carbonyl (C=O) groups excluding carboxylic acids is 2. The van der Waals surface area contributed by atoms with Crippen LogP contribution in [-0.2, 0) is 44.9 Å². The van der Waals surface area contributed by atoms with Gasteiger partial charge in [0.1, 0.15) is 29.3 Å². The number of para-hydroxylation sites is 1. The van der Waals surface area contributed by atoms with Crippen LogP contribution in [0.15, 0.2) is 71.1 Å². The van der Waals surface area contributed by atoms with E-state index in [9.17, 15) is 9.59 Å². The number of carbonyl (C=O) groups is 2. The van der Waals surface area contributed by atoms with Gasteiger partial charge in [0, 0.05) is 23.1 Å². The van der Waals surface area contributed by atoms with Crippen LogP contribution < -0.4 is 10.1 Å². The second kappa shape index (κ2) is 14.8. The van der Waals surface area contributed by atoms with Crippen molar-refractivity contribution in [2.75, 3.05) is 6.61 Å². The van der Waals surface area contributed by atoms with E-state index in [-0.39, 0.29) is 24.0 Å². The van der Waals surface area contributed by atoms with Gasteiger partial charge in [0.25, 0.3) is 0 Å². The predicted molar refractivity (Wildman–Crippen MR) is 188 cm³/mol. The Morgan fingerprint density at radius 1 is 0.872 bits per heavy atom. The minimum Gasteiger partial charge on any atom is -0.489 e. The maximum Gasteiger partial charge on any atom is 0.407 e. The number of nitrogens with one attached hydrogen (secondary N) is 1. The van der Waals surface area contributed by atoms with E-state index in [4.69, 9.17) is 23.1 Å². The Morgan fingerprint density at radius 3 is 2.32 bits per heavy atom. The van der Waals surface area contributed by atoms with Crippen LogP contribution >= 0.6 is 0 Å². The fourth-order valence-corrected chi connectivity index (χ4v) is 5.70. The zero-order valence-corrected chi connectivity index (χ0v) is 30.2. The second-order valence-corrected chi connectivity index (χ2v) is 19.1. The molecule has 0 aliphatic rings. The average molecular weight is 660 g/mol. The van der Waals surface area contributed by atoms with Gasteiger partial charge in [-0.05, 0) is 92.8 Å². The molecule has 1 amide bonds. The SMILES string of the molecule is CCOC(=O)Cc1ccccc1OCc1cc(-c2cccc(CNC(=O)OC(C)(C)C)c2)c2oc(CO[Si](C)(C)C(C)(C)C)cc2c1. The number of fused-ring (bicyclic) bond motifs is 1. The Kier molecular flexibility index (Phi) is 11.2. The number of furan rings is 1. The molecule has 3 aromatic carbocycles. The molecule has 252 valence electrons. The lowest BCUT2D eigenvalue weighted by atomic mass is 9.99. The molecule has 9 heteroatoms. The third kappa shape index (κ3) is 9.95. The van der Waals surface area contributed by atoms with Gasteiger partial charge in [0.05, 0.1) is 19.6 Å². The van der Waals surface area contributed by atoms with Crippen molar-refractivity contribution in [2.24, 2.45) is 0 Å². The smallest absolute Gasteiger partial charge is 0.407 e. The van der Waals surface area contributed by atoms with Crippen molar-refractivity contribution >= 4 is 31.3 Å². The molecule has 0 aliphatic carbocycles. The molecule has 0 aliphatic heterocycles. The summed E-state index contributed by atoms with van der Waals surface area (Å²) in [7, 11) is -2.00. The van der Waals surface area contributed by atoms with Crippen LogP contribution in [-0.4, -0.2) is 32.6 Å². The summed E-state index contributed by atoms with van der Waals surface area (Å²) in [5, 5.41) is 3.86. The van der Waals surface area contributed by atoms with E-state index in [1.807, 2.05) is 75.4 Å². The van der Waals surface area contributed by atoms with Crippen molar-refractivity contribution in [2.45, 2.75) is 98.4 Å². The van der Waals surface area contributed by atoms with Gasteiger partial charge in [-0.2, -0.15) is 0 Å². The highest BCUT2D eigenvalue weighted by Gasteiger charge is 2.37. The first-order valence-corrected chi connectivity index (χ1v) is 19.1. The molecule has 47 heavy (non-hydrogen) atoms. The Bertz CT molecular complexity index is 1690. The van der Waals surface area contributed by atoms with Crippen molar-refractivity contribution < 1.29 is 32.6 Å². The van der Waals surface area contributed by atoms with Gasteiger partial charge >= 0.3 is 12.1 Å². The Hall–Kier alpha value is -4.08. The zero-order chi connectivity index (χ0) is 34.4. The van der Waals surface area contributed by atoms with Crippen LogP contribution in [0.4, 0.5) is 4.79 Å². The quantitative estimate of drug-likeness (QED) is 0.120. The number of ether oxygens (including phenoxy) is 3. The topological polar surface area (TPSA) is 96.2 Å². The third-order valence-corrected chi connectivity index (χ3v) is 12.7. The molecule has 4 rings (SSSR count). The lowest BCUT2D eigenvalue weighted by Crippen LogP contribution is -2.40. The molecule has 0 fully saturated rings. The number of esters is 1. The lowest BCUT2D eigenvalue weighted by molar-refractivity contribution is -0.142. The van der Waals surface area contributed by atoms with E-state index in [1.165, 1.54) is 0 Å². The molecule has 0 radical (unpaired) electrons. The summed E-state index contributed by atoms with van der Waals surface area (Å²) in [6.45, 7) is 19.7. The first kappa shape index (κ1) is 35.8. The monoisotopic (exact) mass is 659 g/mol. The maximum absolute atomic E-state index is 12.3. The molecular formula is C38H49NO7Si. The number of benzene rings is 3. The van der Waals surface area contributed by atoms with Gasteiger partial charge < -0.3 is 28.4 Å². The van der Waals surface area contributed by atoms with E-state index in [0.29, 0.717) is 25.5 Å². The van der Waals surface area contributed by atoms with Gasteiger partial charge in [0.15, 0.2) is 8.32 Å². The Balaban J connectivity index is 1.66. The second-order valence-electron chi connectivity index (χ2n) is 14.3. The fourth-order valence-electron chi connectivity index (χ4n) is 4.76. The molecule has 0 unspecified atom stereocenters. The van der Waals surface area contributed by atoms with Crippen molar-refractivity contribution in [3.8, 4) is 16.9 Å². The van der Waals surface area contributed by atoms with Crippen LogP contribution in [0.25, 0.3) is 22.1 Å². The summed E-state index contributed by atoms with van der Waals surface area (Å²) < 4.78 is 29.8. The molecule has 1 heterocycles. The number of hydrogen-bond acceptors (Lipinski definition) is 7. The Labute approximate surface area is 279 Å². The number of rotatable bonds is 12. The average Bonchev–Trinajstić information content (AvgIpc) is 3.40. The molecule has 0 saturated heterocycles. The van der Waals surface area contributed by atoms with Crippen LogP contribution in [0, 0.1) is 0 Å². The third-order valence-electron chi connectivity index (χ3n) is 8.19. The van der Waals surface area contributed by atoms with Gasteiger partial charge in [0.2, 0.25) is 0 Å². The van der Waals surface area contributed by atoms with E-state index < -0.39 is 20.0 Å². The van der Waals surface area contributed by atoms with Crippen LogP contribution in [0.3, 0.4) is 0 Å². The van der Waals surface area contributed by atoms with Gasteiger partial charge in [-0.3, -0.25) is 4.79 Å². The minimum atomic E-state index is -2.00. The molecule has 1 N–H and O–H groups in total. The van der Waals surface area contributed by atoms with Gasteiger partial charge in [-0.25, -0.2) is 4.79 Å². The summed E-state index contributed by atoms with van der Waals surface area (Å²) >= 11 is 0.